The number of hydrogen-bond acceptors (Lipinski definition) is 3. The van der Waals surface area contributed by atoms with Crippen LogP contribution in [0.25, 0.3) is 0 Å². The summed E-state index contributed by atoms with van der Waals surface area (Å²) in [6.07, 6.45) is 2.73. The van der Waals surface area contributed by atoms with Gasteiger partial charge in [0.25, 0.3) is 5.91 Å². The number of rotatable bonds is 4. The Morgan fingerprint density at radius 3 is 2.75 bits per heavy atom. The molecule has 1 aliphatic rings. The maximum Gasteiger partial charge on any atom is 0.271 e. The van der Waals surface area contributed by atoms with Crippen LogP contribution in [0.5, 0.6) is 0 Å². The molecule has 0 radical (unpaired) electrons. The minimum absolute atomic E-state index is 0.0204. The van der Waals surface area contributed by atoms with Crippen molar-refractivity contribution >= 4 is 11.8 Å². The van der Waals surface area contributed by atoms with Gasteiger partial charge in [-0.1, -0.05) is 37.3 Å². The summed E-state index contributed by atoms with van der Waals surface area (Å²) in [6.45, 7) is 3.63. The van der Waals surface area contributed by atoms with E-state index in [2.05, 4.69) is 17.1 Å². The lowest BCUT2D eigenvalue weighted by molar-refractivity contribution is -0.133. The van der Waals surface area contributed by atoms with E-state index >= 15 is 0 Å². The second-order valence-corrected chi connectivity index (χ2v) is 6.04. The average molecular weight is 326 g/mol. The number of aromatic nitrogens is 2. The van der Waals surface area contributed by atoms with Gasteiger partial charge in [0.2, 0.25) is 5.91 Å². The largest absolute Gasteiger partial charge is 0.335 e. The van der Waals surface area contributed by atoms with Gasteiger partial charge in [0.15, 0.2) is 0 Å². The lowest BCUT2D eigenvalue weighted by Gasteiger charge is -2.31. The third kappa shape index (κ3) is 3.48. The molecule has 24 heavy (non-hydrogen) atoms. The first-order valence-electron chi connectivity index (χ1n) is 8.31. The van der Waals surface area contributed by atoms with Crippen LogP contribution < -0.4 is 0 Å². The van der Waals surface area contributed by atoms with Crippen LogP contribution in [0.15, 0.2) is 42.6 Å². The van der Waals surface area contributed by atoms with Crippen LogP contribution in [0.2, 0.25) is 0 Å². The fourth-order valence-corrected chi connectivity index (χ4v) is 3.10. The summed E-state index contributed by atoms with van der Waals surface area (Å²) in [6, 6.07) is 11.7. The van der Waals surface area contributed by atoms with Crippen LogP contribution in [0, 0.1) is 0 Å². The Bertz CT molecular complexity index is 684. The second-order valence-electron chi connectivity index (χ2n) is 6.04. The van der Waals surface area contributed by atoms with E-state index in [4.69, 9.17) is 0 Å². The Hall–Kier alpha value is -2.63. The molecule has 0 bridgehead atoms. The molecule has 1 N–H and O–H groups in total. The third-order valence-corrected chi connectivity index (χ3v) is 4.47. The maximum absolute atomic E-state index is 12.6. The normalized spacial score (nSPS) is 18.5. The van der Waals surface area contributed by atoms with Crippen LogP contribution >= 0.6 is 0 Å². The molecule has 1 aromatic carbocycles. The van der Waals surface area contributed by atoms with Crippen LogP contribution in [-0.4, -0.2) is 50.9 Å². The zero-order valence-electron chi connectivity index (χ0n) is 13.8. The van der Waals surface area contributed by atoms with E-state index in [1.165, 1.54) is 0 Å². The fourth-order valence-electron chi connectivity index (χ4n) is 3.10. The summed E-state index contributed by atoms with van der Waals surface area (Å²) in [4.78, 5) is 28.8. The molecule has 0 spiro atoms. The lowest BCUT2D eigenvalue weighted by atomic mass is 10.1. The van der Waals surface area contributed by atoms with Crippen LogP contribution in [0.4, 0.5) is 0 Å². The van der Waals surface area contributed by atoms with Crippen molar-refractivity contribution in [3.8, 4) is 0 Å². The quantitative estimate of drug-likeness (QED) is 0.935. The molecule has 6 heteroatoms. The smallest absolute Gasteiger partial charge is 0.271 e. The number of carbonyl (C=O) groups excluding carboxylic acids is 2. The van der Waals surface area contributed by atoms with E-state index in [0.717, 1.165) is 12.0 Å². The molecule has 1 aliphatic heterocycles. The molecule has 1 aromatic heterocycles. The number of benzene rings is 1. The molecule has 2 heterocycles. The van der Waals surface area contributed by atoms with E-state index < -0.39 is 0 Å². The highest BCUT2D eigenvalue weighted by Crippen LogP contribution is 2.18. The van der Waals surface area contributed by atoms with Gasteiger partial charge in [0, 0.05) is 38.3 Å². The second kappa shape index (κ2) is 7.29. The summed E-state index contributed by atoms with van der Waals surface area (Å²) < 4.78 is 0. The van der Waals surface area contributed by atoms with Crippen molar-refractivity contribution in [1.82, 2.24) is 20.0 Å². The zero-order valence-corrected chi connectivity index (χ0v) is 13.8. The SMILES string of the molecule is CC[C@H]1CN(C(=O)c2ccn[nH]2)CCC(=O)N1Cc1ccccc1. The standard InChI is InChI=1S/C18H22N4O2/c1-2-15-13-21(18(24)16-8-10-19-20-16)11-9-17(23)22(15)12-14-6-4-3-5-7-14/h3-8,10,15H,2,9,11-13H2,1H3,(H,19,20)/t15-/m0/s1. The van der Waals surface area contributed by atoms with Crippen LogP contribution in [-0.2, 0) is 11.3 Å². The fraction of sp³-hybridized carbons (Fsp3) is 0.389. The number of nitrogens with one attached hydrogen (secondary N) is 1. The minimum Gasteiger partial charge on any atom is -0.335 e. The van der Waals surface area contributed by atoms with Crippen molar-refractivity contribution in [3.05, 3.63) is 53.9 Å². The summed E-state index contributed by atoms with van der Waals surface area (Å²) in [5.41, 5.74) is 1.58. The Balaban J connectivity index is 1.77. The zero-order chi connectivity index (χ0) is 16.9. The molecule has 6 nitrogen and oxygen atoms in total. The van der Waals surface area contributed by atoms with Crippen molar-refractivity contribution in [3.63, 3.8) is 0 Å². The van der Waals surface area contributed by atoms with Crippen molar-refractivity contribution in [2.24, 2.45) is 0 Å². The molecule has 1 atom stereocenters. The first kappa shape index (κ1) is 16.2. The molecule has 0 aliphatic carbocycles. The van der Waals surface area contributed by atoms with Gasteiger partial charge in [-0.3, -0.25) is 14.7 Å². The van der Waals surface area contributed by atoms with Gasteiger partial charge in [-0.2, -0.15) is 5.10 Å². The van der Waals surface area contributed by atoms with E-state index in [-0.39, 0.29) is 17.9 Å². The number of aromatic amines is 1. The number of carbonyl (C=O) groups is 2. The maximum atomic E-state index is 12.6. The number of amides is 2. The van der Waals surface area contributed by atoms with E-state index in [1.807, 2.05) is 35.2 Å². The monoisotopic (exact) mass is 326 g/mol. The Morgan fingerprint density at radius 2 is 2.08 bits per heavy atom. The van der Waals surface area contributed by atoms with Gasteiger partial charge in [-0.05, 0) is 18.1 Å². The van der Waals surface area contributed by atoms with Crippen molar-refractivity contribution in [2.75, 3.05) is 13.1 Å². The summed E-state index contributed by atoms with van der Waals surface area (Å²) in [5, 5.41) is 6.55. The third-order valence-electron chi connectivity index (χ3n) is 4.47. The highest BCUT2D eigenvalue weighted by molar-refractivity contribution is 5.92. The number of hydrogen-bond donors (Lipinski definition) is 1. The van der Waals surface area contributed by atoms with Gasteiger partial charge in [-0.25, -0.2) is 0 Å². The van der Waals surface area contributed by atoms with Crippen LogP contribution in [0.1, 0.15) is 35.8 Å². The average Bonchev–Trinajstić information content (AvgIpc) is 3.10. The van der Waals surface area contributed by atoms with Crippen molar-refractivity contribution < 1.29 is 9.59 Å². The molecule has 2 amide bonds. The first-order valence-corrected chi connectivity index (χ1v) is 8.31. The summed E-state index contributed by atoms with van der Waals surface area (Å²) in [5.74, 6) is 0.00549. The van der Waals surface area contributed by atoms with E-state index in [9.17, 15) is 9.59 Å². The topological polar surface area (TPSA) is 69.3 Å². The highest BCUT2D eigenvalue weighted by Gasteiger charge is 2.31. The predicted octanol–water partition coefficient (Wildman–Crippen LogP) is 2.06. The van der Waals surface area contributed by atoms with Crippen molar-refractivity contribution in [2.45, 2.75) is 32.4 Å². The van der Waals surface area contributed by atoms with Gasteiger partial charge in [-0.15, -0.1) is 0 Å². The highest BCUT2D eigenvalue weighted by atomic mass is 16.2. The molecule has 1 saturated heterocycles. The Labute approximate surface area is 141 Å². The summed E-state index contributed by atoms with van der Waals surface area (Å²) >= 11 is 0. The molecule has 0 saturated carbocycles. The van der Waals surface area contributed by atoms with Crippen molar-refractivity contribution in [1.29, 1.82) is 0 Å². The Kier molecular flexibility index (Phi) is 4.93. The minimum atomic E-state index is -0.0969. The first-order chi connectivity index (χ1) is 11.7. The lowest BCUT2D eigenvalue weighted by Crippen LogP contribution is -2.43. The molecule has 3 rings (SSSR count). The van der Waals surface area contributed by atoms with E-state index in [0.29, 0.717) is 31.7 Å². The molecule has 0 unspecified atom stereocenters. The van der Waals surface area contributed by atoms with E-state index in [1.54, 1.807) is 17.2 Å². The van der Waals surface area contributed by atoms with Gasteiger partial charge < -0.3 is 9.80 Å². The molecule has 2 aromatic rings. The molecule has 126 valence electrons. The van der Waals surface area contributed by atoms with Crippen LogP contribution in [0.3, 0.4) is 0 Å². The van der Waals surface area contributed by atoms with Gasteiger partial charge in [0.05, 0.1) is 0 Å². The molecule has 1 fully saturated rings. The van der Waals surface area contributed by atoms with Gasteiger partial charge >= 0.3 is 0 Å². The van der Waals surface area contributed by atoms with Gasteiger partial charge in [0.1, 0.15) is 5.69 Å². The number of H-pyrrole nitrogens is 1. The number of nitrogens with zero attached hydrogens (tertiary/aromatic N) is 3. The molecular formula is C18H22N4O2. The summed E-state index contributed by atoms with van der Waals surface area (Å²) in [7, 11) is 0. The predicted molar refractivity (Wildman–Crippen MR) is 90.2 cm³/mol. The Morgan fingerprint density at radius 1 is 1.29 bits per heavy atom. The molecular weight excluding hydrogens is 304 g/mol.